The molecule has 2 aliphatic carbocycles. The lowest BCUT2D eigenvalue weighted by Crippen LogP contribution is -2.40. The highest BCUT2D eigenvalue weighted by Crippen LogP contribution is 2.35. The molecule has 1 aromatic heterocycles. The first-order chi connectivity index (χ1) is 10.8. The lowest BCUT2D eigenvalue weighted by atomic mass is 10.1. The number of carbonyl (C=O) groups excluding carboxylic acids is 1. The van der Waals surface area contributed by atoms with Gasteiger partial charge in [0.1, 0.15) is 0 Å². The highest BCUT2D eigenvalue weighted by atomic mass is 16.2. The molecule has 0 radical (unpaired) electrons. The SMILES string of the molecule is O=C(c1ccc(-n2cccn2)cc1)N(C1CCCC1)C1CC1. The van der Waals surface area contributed by atoms with Crippen molar-refractivity contribution in [3.8, 4) is 5.69 Å². The molecule has 4 rings (SSSR count). The minimum Gasteiger partial charge on any atom is -0.333 e. The lowest BCUT2D eigenvalue weighted by molar-refractivity contribution is 0.0664. The highest BCUT2D eigenvalue weighted by Gasteiger charge is 2.38. The van der Waals surface area contributed by atoms with Crippen molar-refractivity contribution in [3.05, 3.63) is 48.3 Å². The smallest absolute Gasteiger partial charge is 0.254 e. The van der Waals surface area contributed by atoms with E-state index in [2.05, 4.69) is 10.00 Å². The Kier molecular flexibility index (Phi) is 3.45. The summed E-state index contributed by atoms with van der Waals surface area (Å²) < 4.78 is 1.81. The van der Waals surface area contributed by atoms with Crippen molar-refractivity contribution in [1.29, 1.82) is 0 Å². The molecule has 2 aliphatic rings. The maximum Gasteiger partial charge on any atom is 0.254 e. The number of aromatic nitrogens is 2. The predicted molar refractivity (Wildman–Crippen MR) is 85.0 cm³/mol. The molecular weight excluding hydrogens is 274 g/mol. The van der Waals surface area contributed by atoms with Crippen molar-refractivity contribution in [2.24, 2.45) is 0 Å². The highest BCUT2D eigenvalue weighted by molar-refractivity contribution is 5.95. The molecule has 0 bridgehead atoms. The van der Waals surface area contributed by atoms with Crippen LogP contribution in [0.2, 0.25) is 0 Å². The van der Waals surface area contributed by atoms with Gasteiger partial charge < -0.3 is 4.90 Å². The third kappa shape index (κ3) is 2.54. The molecule has 0 N–H and O–H groups in total. The fourth-order valence-electron chi connectivity index (χ4n) is 3.49. The molecule has 0 saturated heterocycles. The number of rotatable bonds is 4. The first-order valence-electron chi connectivity index (χ1n) is 8.26. The average molecular weight is 295 g/mol. The van der Waals surface area contributed by atoms with Crippen LogP contribution in [-0.4, -0.2) is 32.7 Å². The van der Waals surface area contributed by atoms with Crippen molar-refractivity contribution in [1.82, 2.24) is 14.7 Å². The summed E-state index contributed by atoms with van der Waals surface area (Å²) in [5.41, 5.74) is 1.79. The number of hydrogen-bond donors (Lipinski definition) is 0. The number of amides is 1. The van der Waals surface area contributed by atoms with E-state index < -0.39 is 0 Å². The first-order valence-corrected chi connectivity index (χ1v) is 8.26. The van der Waals surface area contributed by atoms with Crippen LogP contribution in [0.15, 0.2) is 42.7 Å². The maximum atomic E-state index is 12.9. The molecule has 4 nitrogen and oxygen atoms in total. The Balaban J connectivity index is 1.56. The second-order valence-corrected chi connectivity index (χ2v) is 6.38. The summed E-state index contributed by atoms with van der Waals surface area (Å²) in [6, 6.07) is 10.7. The van der Waals surface area contributed by atoms with Gasteiger partial charge in [-0.3, -0.25) is 4.79 Å². The molecule has 1 aromatic carbocycles. The molecule has 1 amide bonds. The fraction of sp³-hybridized carbons (Fsp3) is 0.444. The number of carbonyl (C=O) groups is 1. The minimum absolute atomic E-state index is 0.210. The molecular formula is C18H21N3O. The molecule has 0 spiro atoms. The Bertz CT molecular complexity index is 637. The molecule has 1 heterocycles. The Hall–Kier alpha value is -2.10. The Labute approximate surface area is 130 Å². The third-order valence-electron chi connectivity index (χ3n) is 4.78. The molecule has 2 aromatic rings. The summed E-state index contributed by atoms with van der Waals surface area (Å²) in [5.74, 6) is 0.210. The standard InChI is InChI=1S/C18H21N3O/c22-18(21(17-10-11-17)16-4-1-2-5-16)14-6-8-15(9-7-14)20-13-3-12-19-20/h3,6-9,12-13,16-17H,1-2,4-5,10-11H2. The zero-order valence-electron chi connectivity index (χ0n) is 12.7. The maximum absolute atomic E-state index is 12.9. The van der Waals surface area contributed by atoms with Gasteiger partial charge in [0.15, 0.2) is 0 Å². The van der Waals surface area contributed by atoms with E-state index in [1.165, 1.54) is 38.5 Å². The largest absolute Gasteiger partial charge is 0.333 e. The van der Waals surface area contributed by atoms with Gasteiger partial charge in [0.25, 0.3) is 5.91 Å². The molecule has 0 unspecified atom stereocenters. The summed E-state index contributed by atoms with van der Waals surface area (Å²) in [6.07, 6.45) is 10.9. The van der Waals surface area contributed by atoms with E-state index in [1.54, 1.807) is 6.20 Å². The number of hydrogen-bond acceptors (Lipinski definition) is 2. The molecule has 22 heavy (non-hydrogen) atoms. The first kappa shape index (κ1) is 13.6. The van der Waals surface area contributed by atoms with Crippen LogP contribution in [-0.2, 0) is 0 Å². The van der Waals surface area contributed by atoms with Crippen LogP contribution >= 0.6 is 0 Å². The third-order valence-corrected chi connectivity index (χ3v) is 4.78. The van der Waals surface area contributed by atoms with Crippen molar-refractivity contribution < 1.29 is 4.79 Å². The van der Waals surface area contributed by atoms with Gasteiger partial charge >= 0.3 is 0 Å². The van der Waals surface area contributed by atoms with Crippen LogP contribution in [0.1, 0.15) is 48.9 Å². The van der Waals surface area contributed by atoms with Crippen LogP contribution in [0.25, 0.3) is 5.69 Å². The minimum atomic E-state index is 0.210. The summed E-state index contributed by atoms with van der Waals surface area (Å²) in [4.78, 5) is 15.1. The van der Waals surface area contributed by atoms with E-state index in [0.29, 0.717) is 12.1 Å². The van der Waals surface area contributed by atoms with Crippen molar-refractivity contribution >= 4 is 5.91 Å². The zero-order chi connectivity index (χ0) is 14.9. The monoisotopic (exact) mass is 295 g/mol. The van der Waals surface area contributed by atoms with Crippen molar-refractivity contribution in [2.75, 3.05) is 0 Å². The zero-order valence-corrected chi connectivity index (χ0v) is 12.7. The molecule has 4 heteroatoms. The topological polar surface area (TPSA) is 38.1 Å². The van der Waals surface area contributed by atoms with Crippen LogP contribution in [0.5, 0.6) is 0 Å². The van der Waals surface area contributed by atoms with Gasteiger partial charge in [0, 0.05) is 30.0 Å². The normalized spacial score (nSPS) is 18.5. The van der Waals surface area contributed by atoms with Gasteiger partial charge in [-0.2, -0.15) is 5.10 Å². The Morgan fingerprint density at radius 3 is 2.32 bits per heavy atom. The second kappa shape index (κ2) is 5.59. The molecule has 2 fully saturated rings. The van der Waals surface area contributed by atoms with E-state index in [4.69, 9.17) is 0 Å². The van der Waals surface area contributed by atoms with Crippen LogP contribution < -0.4 is 0 Å². The van der Waals surface area contributed by atoms with Gasteiger partial charge in [-0.15, -0.1) is 0 Å². The lowest BCUT2D eigenvalue weighted by Gasteiger charge is -2.29. The van der Waals surface area contributed by atoms with Crippen LogP contribution in [0, 0.1) is 0 Å². The van der Waals surface area contributed by atoms with Gasteiger partial charge in [-0.05, 0) is 56.0 Å². The number of nitrogens with zero attached hydrogens (tertiary/aromatic N) is 3. The average Bonchev–Trinajstić information content (AvgIpc) is 3.04. The van der Waals surface area contributed by atoms with E-state index in [9.17, 15) is 4.79 Å². The van der Waals surface area contributed by atoms with Crippen molar-refractivity contribution in [2.45, 2.75) is 50.6 Å². The second-order valence-electron chi connectivity index (χ2n) is 6.38. The Morgan fingerprint density at radius 2 is 1.73 bits per heavy atom. The van der Waals surface area contributed by atoms with E-state index >= 15 is 0 Å². The summed E-state index contributed by atoms with van der Waals surface area (Å²) in [7, 11) is 0. The molecule has 0 atom stereocenters. The quantitative estimate of drug-likeness (QED) is 0.867. The summed E-state index contributed by atoms with van der Waals surface area (Å²) in [6.45, 7) is 0. The molecule has 0 aliphatic heterocycles. The van der Waals surface area contributed by atoms with Gasteiger partial charge in [0.2, 0.25) is 0 Å². The van der Waals surface area contributed by atoms with Crippen LogP contribution in [0.4, 0.5) is 0 Å². The predicted octanol–water partition coefficient (Wildman–Crippen LogP) is 3.42. The van der Waals surface area contributed by atoms with Crippen LogP contribution in [0.3, 0.4) is 0 Å². The van der Waals surface area contributed by atoms with Gasteiger partial charge in [-0.25, -0.2) is 4.68 Å². The van der Waals surface area contributed by atoms with E-state index in [-0.39, 0.29) is 5.91 Å². The molecule has 2 saturated carbocycles. The molecule has 114 valence electrons. The summed E-state index contributed by atoms with van der Waals surface area (Å²) >= 11 is 0. The number of benzene rings is 1. The van der Waals surface area contributed by atoms with E-state index in [1.807, 2.05) is 41.2 Å². The Morgan fingerprint density at radius 1 is 1.05 bits per heavy atom. The van der Waals surface area contributed by atoms with Crippen molar-refractivity contribution in [3.63, 3.8) is 0 Å². The van der Waals surface area contributed by atoms with E-state index in [0.717, 1.165) is 11.3 Å². The van der Waals surface area contributed by atoms with Gasteiger partial charge in [0.05, 0.1) is 5.69 Å². The fourth-order valence-corrected chi connectivity index (χ4v) is 3.49. The van der Waals surface area contributed by atoms with Gasteiger partial charge in [-0.1, -0.05) is 12.8 Å². The summed E-state index contributed by atoms with van der Waals surface area (Å²) in [5, 5.41) is 4.22.